The second kappa shape index (κ2) is 6.37. The molecule has 20 heavy (non-hydrogen) atoms. The predicted octanol–water partition coefficient (Wildman–Crippen LogP) is 1.69. The van der Waals surface area contributed by atoms with Crippen molar-refractivity contribution in [3.63, 3.8) is 0 Å². The molecule has 0 aliphatic rings. The van der Waals surface area contributed by atoms with Crippen LogP contribution in [0.15, 0.2) is 17.0 Å². The number of benzene rings is 1. The van der Waals surface area contributed by atoms with Gasteiger partial charge in [-0.1, -0.05) is 0 Å². The number of sulfonamides is 1. The zero-order chi connectivity index (χ0) is 15.5. The normalized spacial score (nSPS) is 11.4. The van der Waals surface area contributed by atoms with Crippen molar-refractivity contribution >= 4 is 15.9 Å². The first-order valence-corrected chi connectivity index (χ1v) is 8.10. The van der Waals surface area contributed by atoms with Crippen LogP contribution in [0, 0.1) is 13.8 Å². The highest BCUT2D eigenvalue weighted by Crippen LogP contribution is 2.21. The smallest absolute Gasteiger partial charge is 0.253 e. The number of nitrogens with zero attached hydrogens (tertiary/aromatic N) is 1. The second-order valence-electron chi connectivity index (χ2n) is 4.60. The summed E-state index contributed by atoms with van der Waals surface area (Å²) in [6.07, 6.45) is 0. The number of nitrogens with one attached hydrogen (secondary N) is 1. The molecule has 1 rings (SSSR count). The standard InChI is InChI=1S/C14H22N2O3S/c1-6-16(7-2)14(17)12-8-10(3)11(4)13(9-12)20(18,19)15-5/h8-9,15H,6-7H2,1-5H3. The van der Waals surface area contributed by atoms with Gasteiger partial charge in [-0.3, -0.25) is 4.79 Å². The van der Waals surface area contributed by atoms with E-state index in [9.17, 15) is 13.2 Å². The molecule has 1 amide bonds. The van der Waals surface area contributed by atoms with Gasteiger partial charge in [0.15, 0.2) is 0 Å². The summed E-state index contributed by atoms with van der Waals surface area (Å²) in [5.41, 5.74) is 1.86. The Bertz CT molecular complexity index is 605. The quantitative estimate of drug-likeness (QED) is 0.899. The number of hydrogen-bond acceptors (Lipinski definition) is 3. The molecule has 0 heterocycles. The van der Waals surface area contributed by atoms with Crippen LogP contribution in [0.2, 0.25) is 0 Å². The maximum absolute atomic E-state index is 12.3. The highest BCUT2D eigenvalue weighted by Gasteiger charge is 2.21. The lowest BCUT2D eigenvalue weighted by molar-refractivity contribution is 0.0772. The Morgan fingerprint density at radius 3 is 2.20 bits per heavy atom. The van der Waals surface area contributed by atoms with Crippen LogP contribution in [0.5, 0.6) is 0 Å². The Labute approximate surface area is 121 Å². The van der Waals surface area contributed by atoms with Gasteiger partial charge < -0.3 is 4.90 Å². The lowest BCUT2D eigenvalue weighted by atomic mass is 10.1. The van der Waals surface area contributed by atoms with Gasteiger partial charge in [0.25, 0.3) is 5.91 Å². The number of carbonyl (C=O) groups is 1. The fraction of sp³-hybridized carbons (Fsp3) is 0.500. The molecule has 1 aromatic carbocycles. The lowest BCUT2D eigenvalue weighted by Gasteiger charge is -2.20. The Hall–Kier alpha value is -1.40. The topological polar surface area (TPSA) is 66.5 Å². The summed E-state index contributed by atoms with van der Waals surface area (Å²) in [5, 5.41) is 0. The van der Waals surface area contributed by atoms with E-state index in [-0.39, 0.29) is 10.8 Å². The molecule has 0 spiro atoms. The largest absolute Gasteiger partial charge is 0.339 e. The van der Waals surface area contributed by atoms with Crippen LogP contribution >= 0.6 is 0 Å². The molecule has 112 valence electrons. The van der Waals surface area contributed by atoms with Gasteiger partial charge in [-0.05, 0) is 58.0 Å². The summed E-state index contributed by atoms with van der Waals surface area (Å²) >= 11 is 0. The van der Waals surface area contributed by atoms with Crippen molar-refractivity contribution in [3.8, 4) is 0 Å². The van der Waals surface area contributed by atoms with E-state index in [1.165, 1.54) is 13.1 Å². The van der Waals surface area contributed by atoms with Crippen LogP contribution in [0.25, 0.3) is 0 Å². The monoisotopic (exact) mass is 298 g/mol. The first-order chi connectivity index (χ1) is 9.28. The van der Waals surface area contributed by atoms with Crippen LogP contribution in [0.4, 0.5) is 0 Å². The minimum Gasteiger partial charge on any atom is -0.339 e. The first kappa shape index (κ1) is 16.7. The van der Waals surface area contributed by atoms with Crippen LogP contribution in [0.1, 0.15) is 35.3 Å². The van der Waals surface area contributed by atoms with E-state index in [2.05, 4.69) is 4.72 Å². The zero-order valence-corrected chi connectivity index (χ0v) is 13.5. The van der Waals surface area contributed by atoms with E-state index >= 15 is 0 Å². The van der Waals surface area contributed by atoms with Gasteiger partial charge in [-0.25, -0.2) is 13.1 Å². The molecule has 0 saturated heterocycles. The molecular formula is C14H22N2O3S. The minimum absolute atomic E-state index is 0.148. The molecule has 0 aromatic heterocycles. The van der Waals surface area contributed by atoms with E-state index in [1.807, 2.05) is 20.8 Å². The van der Waals surface area contributed by atoms with Crippen molar-refractivity contribution in [2.24, 2.45) is 0 Å². The molecule has 0 bridgehead atoms. The van der Waals surface area contributed by atoms with Crippen molar-refractivity contribution < 1.29 is 13.2 Å². The first-order valence-electron chi connectivity index (χ1n) is 6.62. The molecule has 0 saturated carbocycles. The van der Waals surface area contributed by atoms with Crippen LogP contribution in [0.3, 0.4) is 0 Å². The molecule has 1 N–H and O–H groups in total. The number of amides is 1. The summed E-state index contributed by atoms with van der Waals surface area (Å²) in [6, 6.07) is 3.19. The van der Waals surface area contributed by atoms with E-state index in [4.69, 9.17) is 0 Å². The number of aryl methyl sites for hydroxylation is 1. The van der Waals surface area contributed by atoms with Crippen LogP contribution in [-0.2, 0) is 10.0 Å². The summed E-state index contributed by atoms with van der Waals surface area (Å²) in [6.45, 7) is 8.53. The highest BCUT2D eigenvalue weighted by molar-refractivity contribution is 7.89. The Kier molecular flexibility index (Phi) is 5.30. The molecule has 0 unspecified atom stereocenters. The number of hydrogen-bond donors (Lipinski definition) is 1. The molecule has 5 nitrogen and oxygen atoms in total. The van der Waals surface area contributed by atoms with Gasteiger partial charge in [0, 0.05) is 18.7 Å². The van der Waals surface area contributed by atoms with E-state index in [0.717, 1.165) is 5.56 Å². The van der Waals surface area contributed by atoms with Gasteiger partial charge >= 0.3 is 0 Å². The third-order valence-corrected chi connectivity index (χ3v) is 5.02. The Morgan fingerprint density at radius 2 is 1.75 bits per heavy atom. The van der Waals surface area contributed by atoms with E-state index in [1.54, 1.807) is 17.9 Å². The van der Waals surface area contributed by atoms with Gasteiger partial charge in [0.1, 0.15) is 0 Å². The predicted molar refractivity (Wildman–Crippen MR) is 79.4 cm³/mol. The maximum atomic E-state index is 12.3. The average molecular weight is 298 g/mol. The molecule has 0 aliphatic carbocycles. The lowest BCUT2D eigenvalue weighted by Crippen LogP contribution is -2.31. The van der Waals surface area contributed by atoms with Crippen LogP contribution < -0.4 is 4.72 Å². The summed E-state index contributed by atoms with van der Waals surface area (Å²) in [5.74, 6) is -0.148. The van der Waals surface area contributed by atoms with Crippen molar-refractivity contribution in [1.29, 1.82) is 0 Å². The van der Waals surface area contributed by atoms with Crippen molar-refractivity contribution in [2.45, 2.75) is 32.6 Å². The zero-order valence-electron chi connectivity index (χ0n) is 12.6. The molecule has 0 atom stereocenters. The van der Waals surface area contributed by atoms with Crippen molar-refractivity contribution in [1.82, 2.24) is 9.62 Å². The third kappa shape index (κ3) is 3.19. The molecule has 0 fully saturated rings. The second-order valence-corrected chi connectivity index (χ2v) is 6.46. The number of carbonyl (C=O) groups excluding carboxylic acids is 1. The van der Waals surface area contributed by atoms with Crippen LogP contribution in [-0.4, -0.2) is 39.4 Å². The molecule has 0 aliphatic heterocycles. The summed E-state index contributed by atoms with van der Waals surface area (Å²) in [7, 11) is -2.20. The van der Waals surface area contributed by atoms with Crippen molar-refractivity contribution in [3.05, 3.63) is 28.8 Å². The molecule has 1 aromatic rings. The summed E-state index contributed by atoms with van der Waals surface area (Å²) < 4.78 is 26.3. The average Bonchev–Trinajstić information content (AvgIpc) is 2.42. The fourth-order valence-corrected chi connectivity index (χ4v) is 3.10. The van der Waals surface area contributed by atoms with E-state index < -0.39 is 10.0 Å². The van der Waals surface area contributed by atoms with E-state index in [0.29, 0.717) is 24.2 Å². The summed E-state index contributed by atoms with van der Waals surface area (Å²) in [4.78, 5) is 14.2. The van der Waals surface area contributed by atoms with Crippen molar-refractivity contribution in [2.75, 3.05) is 20.1 Å². The number of rotatable bonds is 5. The fourth-order valence-electron chi connectivity index (χ4n) is 2.03. The SMILES string of the molecule is CCN(CC)C(=O)c1cc(C)c(C)c(S(=O)(=O)NC)c1. The van der Waals surface area contributed by atoms with Gasteiger partial charge in [0.2, 0.25) is 10.0 Å². The highest BCUT2D eigenvalue weighted by atomic mass is 32.2. The molecular weight excluding hydrogens is 276 g/mol. The van der Waals surface area contributed by atoms with Gasteiger partial charge in [-0.2, -0.15) is 0 Å². The Morgan fingerprint density at radius 1 is 1.20 bits per heavy atom. The minimum atomic E-state index is -3.57. The van der Waals surface area contributed by atoms with Gasteiger partial charge in [0.05, 0.1) is 4.90 Å². The maximum Gasteiger partial charge on any atom is 0.253 e. The van der Waals surface area contributed by atoms with Gasteiger partial charge in [-0.15, -0.1) is 0 Å². The Balaban J connectivity index is 3.43. The molecule has 6 heteroatoms. The third-order valence-electron chi connectivity index (χ3n) is 3.48. The molecule has 0 radical (unpaired) electrons.